The van der Waals surface area contributed by atoms with Gasteiger partial charge in [-0.2, -0.15) is 13.2 Å². The largest absolute Gasteiger partial charge is 0.416 e. The Labute approximate surface area is 140 Å². The molecule has 2 rings (SSSR count). The molecule has 0 fully saturated rings. The number of benzene rings is 2. The summed E-state index contributed by atoms with van der Waals surface area (Å²) in [6.45, 7) is 7.92. The van der Waals surface area contributed by atoms with Crippen molar-refractivity contribution in [3.05, 3.63) is 69.7 Å². The molecular weight excluding hydrogens is 321 g/mol. The van der Waals surface area contributed by atoms with Gasteiger partial charge in [-0.25, -0.2) is 0 Å². The monoisotopic (exact) mass is 340 g/mol. The predicted molar refractivity (Wildman–Crippen MR) is 89.1 cm³/mol. The van der Waals surface area contributed by atoms with Crippen molar-refractivity contribution in [1.29, 1.82) is 0 Å². The smallest absolute Gasteiger partial charge is 0.166 e. The van der Waals surface area contributed by atoms with E-state index in [4.69, 9.17) is 11.6 Å². The molecule has 0 amide bonds. The van der Waals surface area contributed by atoms with Crippen molar-refractivity contribution < 1.29 is 13.2 Å². The molecule has 2 aromatic carbocycles. The van der Waals surface area contributed by atoms with Gasteiger partial charge in [0.1, 0.15) is 0 Å². The highest BCUT2D eigenvalue weighted by molar-refractivity contribution is 6.31. The lowest BCUT2D eigenvalue weighted by molar-refractivity contribution is -0.137. The van der Waals surface area contributed by atoms with E-state index in [1.54, 1.807) is 6.07 Å². The van der Waals surface area contributed by atoms with Gasteiger partial charge in [0, 0.05) is 10.4 Å². The molecule has 0 radical (unpaired) electrons. The lowest BCUT2D eigenvalue weighted by atomic mass is 9.77. The normalized spacial score (nSPS) is 12.7. The van der Waals surface area contributed by atoms with E-state index in [9.17, 15) is 13.2 Å². The van der Waals surface area contributed by atoms with Crippen molar-refractivity contribution in [2.24, 2.45) is 0 Å². The van der Waals surface area contributed by atoms with Gasteiger partial charge in [-0.3, -0.25) is 0 Å². The average Bonchev–Trinajstić information content (AvgIpc) is 2.46. The van der Waals surface area contributed by atoms with Crippen LogP contribution in [0.3, 0.4) is 0 Å². The number of halogens is 4. The number of hydrogen-bond donors (Lipinski definition) is 0. The maximum atomic E-state index is 12.9. The van der Waals surface area contributed by atoms with Crippen LogP contribution in [0.15, 0.2) is 42.5 Å². The third-order valence-corrected chi connectivity index (χ3v) is 4.58. The van der Waals surface area contributed by atoms with Crippen LogP contribution in [0.2, 0.25) is 5.02 Å². The van der Waals surface area contributed by atoms with Gasteiger partial charge in [-0.05, 0) is 34.7 Å². The number of hydrogen-bond acceptors (Lipinski definition) is 0. The highest BCUT2D eigenvalue weighted by Gasteiger charge is 2.32. The molecular formula is C19H20ClF3. The Morgan fingerprint density at radius 1 is 0.870 bits per heavy atom. The zero-order valence-corrected chi connectivity index (χ0v) is 14.4. The van der Waals surface area contributed by atoms with E-state index in [0.717, 1.165) is 17.2 Å². The van der Waals surface area contributed by atoms with E-state index in [0.29, 0.717) is 16.5 Å². The lowest BCUT2D eigenvalue weighted by Gasteiger charge is -2.28. The second-order valence-electron chi connectivity index (χ2n) is 6.59. The molecule has 4 heteroatoms. The first kappa shape index (κ1) is 17.9. The first-order valence-corrected chi connectivity index (χ1v) is 7.89. The second kappa shape index (κ2) is 6.20. The molecule has 0 heterocycles. The van der Waals surface area contributed by atoms with Crippen molar-refractivity contribution in [3.63, 3.8) is 0 Å². The van der Waals surface area contributed by atoms with Crippen molar-refractivity contribution in [3.8, 4) is 0 Å². The van der Waals surface area contributed by atoms with Gasteiger partial charge in [-0.15, -0.1) is 0 Å². The molecule has 0 aliphatic carbocycles. The maximum Gasteiger partial charge on any atom is 0.416 e. The molecule has 0 N–H and O–H groups in total. The first-order chi connectivity index (χ1) is 10.5. The zero-order valence-electron chi connectivity index (χ0n) is 13.6. The van der Waals surface area contributed by atoms with Crippen LogP contribution in [0.4, 0.5) is 13.2 Å². The molecule has 0 unspecified atom stereocenters. The molecule has 0 aliphatic rings. The summed E-state index contributed by atoms with van der Waals surface area (Å²) in [5.74, 6) is 0.299. The minimum absolute atomic E-state index is 0.299. The van der Waals surface area contributed by atoms with Crippen LogP contribution >= 0.6 is 11.6 Å². The van der Waals surface area contributed by atoms with Gasteiger partial charge in [0.2, 0.25) is 0 Å². The van der Waals surface area contributed by atoms with E-state index in [2.05, 4.69) is 13.8 Å². The second-order valence-corrected chi connectivity index (χ2v) is 7.00. The summed E-state index contributed by atoms with van der Waals surface area (Å²) in [5, 5.41) is 0.651. The zero-order chi connectivity index (χ0) is 17.4. The molecule has 0 aromatic heterocycles. The Kier molecular flexibility index (Phi) is 4.81. The Morgan fingerprint density at radius 3 is 1.96 bits per heavy atom. The predicted octanol–water partition coefficient (Wildman–Crippen LogP) is 6.81. The highest BCUT2D eigenvalue weighted by Crippen LogP contribution is 2.38. The molecule has 0 atom stereocenters. The summed E-state index contributed by atoms with van der Waals surface area (Å²) in [7, 11) is 0. The highest BCUT2D eigenvalue weighted by atomic mass is 35.5. The molecule has 0 aliphatic heterocycles. The molecule has 0 nitrogen and oxygen atoms in total. The standard InChI is InChI=1S/C19H20ClF3/c1-12(2)16-9-8-14(11-17(16)20)18(3,4)13-6-5-7-15(10-13)19(21,22)23/h5-12H,1-4H3. The molecule has 0 bridgehead atoms. The minimum Gasteiger partial charge on any atom is -0.166 e. The van der Waals surface area contributed by atoms with Crippen molar-refractivity contribution in [2.75, 3.05) is 0 Å². The van der Waals surface area contributed by atoms with Crippen molar-refractivity contribution >= 4 is 11.6 Å². The van der Waals surface area contributed by atoms with Gasteiger partial charge >= 0.3 is 6.18 Å². The summed E-state index contributed by atoms with van der Waals surface area (Å²) >= 11 is 6.34. The van der Waals surface area contributed by atoms with Crippen molar-refractivity contribution in [1.82, 2.24) is 0 Å². The molecule has 0 saturated carbocycles. The van der Waals surface area contributed by atoms with Gasteiger partial charge in [0.05, 0.1) is 5.56 Å². The van der Waals surface area contributed by atoms with Gasteiger partial charge in [0.25, 0.3) is 0 Å². The van der Waals surface area contributed by atoms with Crippen LogP contribution in [0.5, 0.6) is 0 Å². The summed E-state index contributed by atoms with van der Waals surface area (Å²) in [4.78, 5) is 0. The quantitative estimate of drug-likeness (QED) is 0.575. The summed E-state index contributed by atoms with van der Waals surface area (Å²) in [6.07, 6.45) is -4.34. The third-order valence-electron chi connectivity index (χ3n) is 4.26. The fourth-order valence-electron chi connectivity index (χ4n) is 2.64. The summed E-state index contributed by atoms with van der Waals surface area (Å²) < 4.78 is 38.8. The van der Waals surface area contributed by atoms with Gasteiger partial charge < -0.3 is 0 Å². The van der Waals surface area contributed by atoms with E-state index in [1.165, 1.54) is 12.1 Å². The van der Waals surface area contributed by atoms with Crippen LogP contribution in [0.25, 0.3) is 0 Å². The van der Waals surface area contributed by atoms with E-state index >= 15 is 0 Å². The van der Waals surface area contributed by atoms with Crippen LogP contribution in [-0.2, 0) is 11.6 Å². The van der Waals surface area contributed by atoms with E-state index < -0.39 is 17.2 Å². The maximum absolute atomic E-state index is 12.9. The number of rotatable bonds is 3. The van der Waals surface area contributed by atoms with Gasteiger partial charge in [0.15, 0.2) is 0 Å². The molecule has 124 valence electrons. The average molecular weight is 341 g/mol. The molecule has 0 saturated heterocycles. The summed E-state index contributed by atoms with van der Waals surface area (Å²) in [5.41, 5.74) is 1.34. The number of alkyl halides is 3. The van der Waals surface area contributed by atoms with Crippen LogP contribution in [-0.4, -0.2) is 0 Å². The summed E-state index contributed by atoms with van der Waals surface area (Å²) in [6, 6.07) is 11.2. The topological polar surface area (TPSA) is 0 Å². The fraction of sp³-hybridized carbons (Fsp3) is 0.368. The van der Waals surface area contributed by atoms with Gasteiger partial charge in [-0.1, -0.05) is 69.6 Å². The minimum atomic E-state index is -4.34. The third kappa shape index (κ3) is 3.72. The van der Waals surface area contributed by atoms with E-state index in [1.807, 2.05) is 32.0 Å². The fourth-order valence-corrected chi connectivity index (χ4v) is 3.03. The molecule has 2 aromatic rings. The van der Waals surface area contributed by atoms with Crippen LogP contribution < -0.4 is 0 Å². The Balaban J connectivity index is 2.48. The van der Waals surface area contributed by atoms with Crippen molar-refractivity contribution in [2.45, 2.75) is 45.2 Å². The van der Waals surface area contributed by atoms with Crippen LogP contribution in [0.1, 0.15) is 55.9 Å². The van der Waals surface area contributed by atoms with E-state index in [-0.39, 0.29) is 0 Å². The molecule has 23 heavy (non-hydrogen) atoms. The Morgan fingerprint density at radius 2 is 1.43 bits per heavy atom. The first-order valence-electron chi connectivity index (χ1n) is 7.51. The lowest BCUT2D eigenvalue weighted by Crippen LogP contribution is -2.20. The molecule has 0 spiro atoms. The Hall–Kier alpha value is -1.48. The Bertz CT molecular complexity index is 700. The SMILES string of the molecule is CC(C)c1ccc(C(C)(C)c2cccc(C(F)(F)F)c2)cc1Cl. The van der Waals surface area contributed by atoms with Crippen LogP contribution in [0, 0.1) is 0 Å².